The van der Waals surface area contributed by atoms with Gasteiger partial charge in [0.05, 0.1) is 23.5 Å². The smallest absolute Gasteiger partial charge is 0.410 e. The molecule has 196 valence electrons. The largest absolute Gasteiger partial charge is 0.444 e. The Morgan fingerprint density at radius 1 is 1.06 bits per heavy atom. The van der Waals surface area contributed by atoms with Crippen molar-refractivity contribution in [2.45, 2.75) is 108 Å². The van der Waals surface area contributed by atoms with E-state index in [0.29, 0.717) is 19.1 Å². The molecule has 1 saturated carbocycles. The first kappa shape index (κ1) is 27.9. The van der Waals surface area contributed by atoms with E-state index in [1.165, 1.54) is 5.56 Å². The number of rotatable bonds is 6. The van der Waals surface area contributed by atoms with Crippen molar-refractivity contribution < 1.29 is 18.5 Å². The highest BCUT2D eigenvalue weighted by atomic mass is 32.2. The highest BCUT2D eigenvalue weighted by Crippen LogP contribution is 2.34. The van der Waals surface area contributed by atoms with Crippen molar-refractivity contribution in [2.24, 2.45) is 10.3 Å². The van der Waals surface area contributed by atoms with Crippen LogP contribution in [0, 0.1) is 5.92 Å². The predicted molar refractivity (Wildman–Crippen MR) is 143 cm³/mol. The van der Waals surface area contributed by atoms with E-state index in [1.807, 2.05) is 41.5 Å². The predicted octanol–water partition coefficient (Wildman–Crippen LogP) is 6.28. The molecule has 3 unspecified atom stereocenters. The molecule has 0 bridgehead atoms. The minimum atomic E-state index is -1.33. The summed E-state index contributed by atoms with van der Waals surface area (Å²) in [4.78, 5) is 14.9. The van der Waals surface area contributed by atoms with Crippen LogP contribution in [-0.2, 0) is 20.5 Å². The molecule has 2 fully saturated rings. The highest BCUT2D eigenvalue weighted by molar-refractivity contribution is 7.85. The first-order chi connectivity index (χ1) is 16.4. The SMILES string of the molecule is CC(C)(C)OC(=O)N1CCCC(C=NS(=O)C(C)(C)C)C1COC1CCC(c2ccccc2)CC1. The fourth-order valence-corrected chi connectivity index (χ4v) is 5.42. The van der Waals surface area contributed by atoms with E-state index in [0.717, 1.165) is 38.5 Å². The lowest BCUT2D eigenvalue weighted by Gasteiger charge is -2.41. The van der Waals surface area contributed by atoms with Gasteiger partial charge in [0, 0.05) is 18.7 Å². The number of carbonyl (C=O) groups is 1. The van der Waals surface area contributed by atoms with Crippen LogP contribution in [-0.4, -0.2) is 57.1 Å². The van der Waals surface area contributed by atoms with Crippen LogP contribution in [0.2, 0.25) is 0 Å². The van der Waals surface area contributed by atoms with Crippen LogP contribution >= 0.6 is 0 Å². The third-order valence-electron chi connectivity index (χ3n) is 6.78. The van der Waals surface area contributed by atoms with Gasteiger partial charge in [-0.1, -0.05) is 30.3 Å². The van der Waals surface area contributed by atoms with Crippen LogP contribution in [0.15, 0.2) is 34.7 Å². The van der Waals surface area contributed by atoms with Crippen molar-refractivity contribution in [3.63, 3.8) is 0 Å². The van der Waals surface area contributed by atoms with Gasteiger partial charge in [-0.2, -0.15) is 4.40 Å². The molecule has 1 heterocycles. The minimum Gasteiger partial charge on any atom is -0.444 e. The molecule has 3 rings (SSSR count). The van der Waals surface area contributed by atoms with Gasteiger partial charge in [-0.3, -0.25) is 0 Å². The number of ether oxygens (including phenoxy) is 2. The fourth-order valence-electron chi connectivity index (χ4n) is 4.84. The van der Waals surface area contributed by atoms with E-state index in [9.17, 15) is 9.00 Å². The number of nitrogens with zero attached hydrogens (tertiary/aromatic N) is 2. The molecule has 0 spiro atoms. The Hall–Kier alpha value is -1.73. The van der Waals surface area contributed by atoms with Crippen LogP contribution in [0.4, 0.5) is 4.79 Å². The molecule has 6 nitrogen and oxygen atoms in total. The summed E-state index contributed by atoms with van der Waals surface area (Å²) in [6, 6.07) is 10.6. The third-order valence-corrected chi connectivity index (χ3v) is 8.14. The van der Waals surface area contributed by atoms with Crippen molar-refractivity contribution >= 4 is 23.3 Å². The van der Waals surface area contributed by atoms with Gasteiger partial charge >= 0.3 is 6.09 Å². The average Bonchev–Trinajstić information content (AvgIpc) is 2.80. The van der Waals surface area contributed by atoms with Gasteiger partial charge in [-0.15, -0.1) is 0 Å². The summed E-state index contributed by atoms with van der Waals surface area (Å²) in [5.41, 5.74) is 0.852. The summed E-state index contributed by atoms with van der Waals surface area (Å²) in [5.74, 6) is 0.583. The first-order valence-corrected chi connectivity index (χ1v) is 14.2. The zero-order valence-corrected chi connectivity index (χ0v) is 23.2. The summed E-state index contributed by atoms with van der Waals surface area (Å²) < 4.78 is 28.7. The summed E-state index contributed by atoms with van der Waals surface area (Å²) in [7, 11) is -1.33. The molecule has 0 radical (unpaired) electrons. The van der Waals surface area contributed by atoms with Gasteiger partial charge in [0.1, 0.15) is 16.6 Å². The normalized spacial score (nSPS) is 27.1. The molecule has 1 aromatic rings. The molecule has 35 heavy (non-hydrogen) atoms. The number of hydrogen-bond acceptors (Lipinski definition) is 4. The second-order valence-corrected chi connectivity index (χ2v) is 13.8. The second-order valence-electron chi connectivity index (χ2n) is 11.9. The lowest BCUT2D eigenvalue weighted by Crippen LogP contribution is -2.53. The van der Waals surface area contributed by atoms with Crippen molar-refractivity contribution in [3.05, 3.63) is 35.9 Å². The summed E-state index contributed by atoms with van der Waals surface area (Å²) in [5, 5.41) is 0. The Bertz CT molecular complexity index is 867. The summed E-state index contributed by atoms with van der Waals surface area (Å²) in [6.45, 7) is 12.5. The number of likely N-dealkylation sites (tertiary alicyclic amines) is 1. The van der Waals surface area contributed by atoms with Gasteiger partial charge in [0.2, 0.25) is 0 Å². The number of amides is 1. The Labute approximate surface area is 214 Å². The molecule has 1 amide bonds. The Kier molecular flexibility index (Phi) is 9.55. The maximum atomic E-state index is 13.1. The van der Waals surface area contributed by atoms with Gasteiger partial charge < -0.3 is 14.4 Å². The van der Waals surface area contributed by atoms with Crippen molar-refractivity contribution in [3.8, 4) is 0 Å². The summed E-state index contributed by atoms with van der Waals surface area (Å²) in [6.07, 6.45) is 7.70. The molecule has 3 atom stereocenters. The lowest BCUT2D eigenvalue weighted by atomic mass is 9.82. The van der Waals surface area contributed by atoms with Crippen molar-refractivity contribution in [1.29, 1.82) is 0 Å². The summed E-state index contributed by atoms with van der Waals surface area (Å²) >= 11 is 0. The zero-order chi connectivity index (χ0) is 25.6. The third kappa shape index (κ3) is 8.42. The Morgan fingerprint density at radius 3 is 2.31 bits per heavy atom. The quantitative estimate of drug-likeness (QED) is 0.428. The van der Waals surface area contributed by atoms with Crippen molar-refractivity contribution in [1.82, 2.24) is 4.90 Å². The molecule has 7 heteroatoms. The number of benzene rings is 1. The number of piperidine rings is 1. The van der Waals surface area contributed by atoms with Gasteiger partial charge in [0.15, 0.2) is 0 Å². The minimum absolute atomic E-state index is 0.0109. The van der Waals surface area contributed by atoms with Gasteiger partial charge in [0.25, 0.3) is 0 Å². The van der Waals surface area contributed by atoms with E-state index < -0.39 is 21.3 Å². The molecule has 1 aliphatic heterocycles. The number of carbonyl (C=O) groups excluding carboxylic acids is 1. The molecular weight excluding hydrogens is 460 g/mol. The molecule has 0 aromatic heterocycles. The van der Waals surface area contributed by atoms with Crippen LogP contribution in [0.25, 0.3) is 0 Å². The van der Waals surface area contributed by atoms with Crippen LogP contribution in [0.5, 0.6) is 0 Å². The van der Waals surface area contributed by atoms with Crippen LogP contribution < -0.4 is 0 Å². The molecule has 0 N–H and O–H groups in total. The molecule has 1 aliphatic carbocycles. The highest BCUT2D eigenvalue weighted by Gasteiger charge is 2.37. The van der Waals surface area contributed by atoms with Crippen LogP contribution in [0.3, 0.4) is 0 Å². The number of hydrogen-bond donors (Lipinski definition) is 0. The van der Waals surface area contributed by atoms with Gasteiger partial charge in [-0.25, -0.2) is 9.00 Å². The maximum absolute atomic E-state index is 13.1. The average molecular weight is 505 g/mol. The molecule has 1 aromatic carbocycles. The molecule has 1 saturated heterocycles. The monoisotopic (exact) mass is 504 g/mol. The standard InChI is InChI=1S/C28H44N2O4S/c1-27(2,3)34-26(31)30-18-10-13-23(19-29-35(32)28(4,5)6)25(30)20-33-24-16-14-22(15-17-24)21-11-8-7-9-12-21/h7-9,11-12,19,22-25H,10,13-18,20H2,1-6H3. The fraction of sp³-hybridized carbons (Fsp3) is 0.714. The Balaban J connectivity index is 1.66. The molecular formula is C28H44N2O4S. The van der Waals surface area contributed by atoms with Crippen molar-refractivity contribution in [2.75, 3.05) is 13.2 Å². The second kappa shape index (κ2) is 12.0. The Morgan fingerprint density at radius 2 is 1.71 bits per heavy atom. The van der Waals surface area contributed by atoms with E-state index >= 15 is 0 Å². The zero-order valence-electron chi connectivity index (χ0n) is 22.4. The van der Waals surface area contributed by atoms with E-state index in [4.69, 9.17) is 9.47 Å². The molecule has 2 aliphatic rings. The maximum Gasteiger partial charge on any atom is 0.410 e. The lowest BCUT2D eigenvalue weighted by molar-refractivity contribution is -0.0394. The topological polar surface area (TPSA) is 68.2 Å². The van der Waals surface area contributed by atoms with Gasteiger partial charge in [-0.05, 0) is 91.5 Å². The van der Waals surface area contributed by atoms with E-state index in [-0.39, 0.29) is 24.2 Å². The first-order valence-electron chi connectivity index (χ1n) is 13.1. The van der Waals surface area contributed by atoms with E-state index in [1.54, 1.807) is 11.1 Å². The van der Waals surface area contributed by atoms with E-state index in [2.05, 4.69) is 34.7 Å². The van der Waals surface area contributed by atoms with Crippen LogP contribution in [0.1, 0.15) is 91.5 Å².